The number of pyridine rings is 3. The molecule has 0 bridgehead atoms. The molecule has 3 aromatic carbocycles. The van der Waals surface area contributed by atoms with Crippen LogP contribution in [0.15, 0.2) is 51.2 Å². The van der Waals surface area contributed by atoms with E-state index in [-0.39, 0.29) is 110 Å². The van der Waals surface area contributed by atoms with Crippen molar-refractivity contribution in [3.05, 3.63) is 107 Å². The van der Waals surface area contributed by atoms with Gasteiger partial charge in [-0.15, -0.1) is 0 Å². The van der Waals surface area contributed by atoms with Crippen LogP contribution in [-0.4, -0.2) is 149 Å². The number of carbonyl (C=O) groups is 3. The molecule has 6 fully saturated rings. The van der Waals surface area contributed by atoms with E-state index in [0.29, 0.717) is 44.1 Å². The number of nitrogens with zero attached hydrogens (tertiary/aromatic N) is 5. The second kappa shape index (κ2) is 50.7. The number of alkyl halides is 3. The van der Waals surface area contributed by atoms with Crippen molar-refractivity contribution >= 4 is 76.9 Å². The van der Waals surface area contributed by atoms with Gasteiger partial charge in [-0.1, -0.05) is 53.9 Å². The van der Waals surface area contributed by atoms with E-state index in [4.69, 9.17) is 89.1 Å². The fourth-order valence-electron chi connectivity index (χ4n) is 13.0. The maximum absolute atomic E-state index is 15.3. The van der Waals surface area contributed by atoms with E-state index in [2.05, 4.69) is 42.3 Å². The van der Waals surface area contributed by atoms with Crippen molar-refractivity contribution in [3.63, 3.8) is 0 Å². The van der Waals surface area contributed by atoms with Gasteiger partial charge >= 0.3 is 32.8 Å². The molecule has 3 saturated carbocycles. The fraction of sp³-hybridized carbons (Fsp3) is 0.524. The van der Waals surface area contributed by atoms with E-state index in [0.717, 1.165) is 74.2 Å². The quantitative estimate of drug-likeness (QED) is 0.0399. The Morgan fingerprint density at radius 2 is 0.812 bits per heavy atom. The molecule has 112 heavy (non-hydrogen) atoms. The molecule has 6 aromatic rings. The molecule has 20 nitrogen and oxygen atoms in total. The molecule has 6 aliphatic rings. The highest BCUT2D eigenvalue weighted by atomic mass is 127. The Morgan fingerprint density at radius 1 is 0.500 bits per heavy atom. The Bertz CT molecular complexity index is 4140. The first-order valence-corrected chi connectivity index (χ1v) is 32.1. The summed E-state index contributed by atoms with van der Waals surface area (Å²) < 4.78 is 288. The number of carboxylic acid groups (broad SMARTS) is 1. The number of ether oxygens (including phenoxy) is 3. The predicted octanol–water partition coefficient (Wildman–Crippen LogP) is 12.9. The highest BCUT2D eigenvalue weighted by Gasteiger charge is 2.45. The molecular formula is C63H75B2F26IN7O13-. The van der Waals surface area contributed by atoms with E-state index < -0.39 is 137 Å². The van der Waals surface area contributed by atoms with Crippen LogP contribution >= 0.6 is 0 Å². The Labute approximate surface area is 636 Å². The number of aromatic carboxylic acids is 1. The molecule has 3 aliphatic carbocycles. The van der Waals surface area contributed by atoms with E-state index >= 15 is 8.78 Å². The van der Waals surface area contributed by atoms with Crippen LogP contribution < -0.4 is 75.3 Å². The van der Waals surface area contributed by atoms with Gasteiger partial charge in [-0.05, 0) is 60.9 Å². The molecule has 12 rings (SSSR count). The molecule has 5 N–H and O–H groups in total. The van der Waals surface area contributed by atoms with Crippen LogP contribution in [0.2, 0.25) is 0 Å². The monoisotopic (exact) mass is 1780 g/mol. The standard InChI is InChI=1S/C21H23BF4N2O4.C20H23F2N3O4.C14H9BF5NO4.C7H15N.CH4O.7F2.FH.HI/c1-4-11-8-27(7-10(11)2)18-15(24)5-12-17(20(18)31-3)28(16-6-14(16)23)9-13(19(12)29)21(30)32-22(25)26;1-3-9-6-24(8-14(9)23)17-13(22)4-10-16(19(17)29-2)25(15-5-12(15)21)7-11(18(10)26)20(27)28;1-24-13-10(18)8(17)2-5-11(13)21(9-3-7(9)16)4-6(12(5)22)14(23)25-15(19)20;1-3-7-5-8-4-6(7)2;8*1-2;;/h5,9-11,14,16H,4,6-8H2,1-3H3;4,7,9,12,14-15H,3,5-6,8,23H2,1-2H3,(H,27,28);2,4,7,9H,3H2,1H3;6-8H,3-5H2,1-2H3;2H,1H3;;;;;;;;2*1H/p-1/t10-,11+,14+,16-;9-,12-,14+,15+;7-,9+;6-,7+;;;;;;;;;;/m1001........../s1. The maximum atomic E-state index is 15.3. The number of anilines is 2. The number of carboxylic acids is 1. The van der Waals surface area contributed by atoms with Crippen LogP contribution in [0.3, 0.4) is 0 Å². The van der Waals surface area contributed by atoms with Gasteiger partial charge in [-0.25, -0.2) is 58.0 Å². The highest BCUT2D eigenvalue weighted by Crippen LogP contribution is 2.49. The highest BCUT2D eigenvalue weighted by molar-refractivity contribution is 6.38. The molecule has 0 unspecified atom stereocenters. The molecule has 0 spiro atoms. The molecule has 3 aliphatic heterocycles. The third kappa shape index (κ3) is 24.8. The van der Waals surface area contributed by atoms with Gasteiger partial charge in [0.2, 0.25) is 22.1 Å². The second-order valence-corrected chi connectivity index (χ2v) is 24.4. The van der Waals surface area contributed by atoms with Crippen LogP contribution in [0, 0.1) is 52.9 Å². The molecule has 49 heteroatoms. The Balaban J connectivity index is 0. The predicted molar refractivity (Wildman–Crippen MR) is 355 cm³/mol. The number of aliphatic hydroxyl groups excluding tert-OH is 1. The first kappa shape index (κ1) is 106. The molecule has 6 heterocycles. The minimum Gasteiger partial charge on any atom is -1.00 e. The molecule has 636 valence electrons. The Hall–Kier alpha value is -8.38. The van der Waals surface area contributed by atoms with Crippen LogP contribution in [0.5, 0.6) is 17.2 Å². The average Bonchev–Trinajstić information content (AvgIpc) is 1.63. The topological polar surface area (TPSA) is 248 Å². The Kier molecular flexibility index (Phi) is 47.8. The number of hydrogen-bond acceptors (Lipinski definition) is 16. The summed E-state index contributed by atoms with van der Waals surface area (Å²) in [5.74, 6) is -6.73. The number of aliphatic hydroxyl groups is 1. The zero-order valence-corrected chi connectivity index (χ0v) is 62.1. The smallest absolute Gasteiger partial charge is 0.798 e. The van der Waals surface area contributed by atoms with Crippen molar-refractivity contribution in [1.29, 1.82) is 0 Å². The number of nitrogens with two attached hydrogens (primary N) is 1. The third-order valence-corrected chi connectivity index (χ3v) is 18.5. The molecule has 12 atom stereocenters. The number of benzene rings is 3. The summed E-state index contributed by atoms with van der Waals surface area (Å²) >= 11 is 0. The normalized spacial score (nSPS) is 21.2. The van der Waals surface area contributed by atoms with Crippen molar-refractivity contribution in [3.8, 4) is 17.2 Å². The van der Waals surface area contributed by atoms with Crippen LogP contribution in [0.4, 0.5) is 128 Å². The lowest BCUT2D eigenvalue weighted by Gasteiger charge is -2.25. The number of methoxy groups -OCH3 is 3. The lowest BCUT2D eigenvalue weighted by molar-refractivity contribution is -0.0000808. The largest absolute Gasteiger partial charge is 1.00 e. The fourth-order valence-corrected chi connectivity index (χ4v) is 13.0. The number of carbonyl (C=O) groups excluding carboxylic acids is 2. The molecule has 0 radical (unpaired) electrons. The summed E-state index contributed by atoms with van der Waals surface area (Å²) in [7, 11) is -2.22. The summed E-state index contributed by atoms with van der Waals surface area (Å²) in [5.41, 5.74) is 1.50. The van der Waals surface area contributed by atoms with Crippen molar-refractivity contribution in [2.24, 2.45) is 35.3 Å². The van der Waals surface area contributed by atoms with E-state index in [9.17, 15) is 73.1 Å². The summed E-state index contributed by atoms with van der Waals surface area (Å²) in [4.78, 5) is 76.9. The van der Waals surface area contributed by atoms with Gasteiger partial charge in [0.05, 0.1) is 72.2 Å². The number of halogens is 27. The average molecular weight is 1780 g/mol. The maximum Gasteiger partial charge on any atom is 0.798 e. The van der Waals surface area contributed by atoms with E-state index in [1.54, 1.807) is 4.90 Å². The minimum atomic E-state index is -3.48. The zero-order valence-electron chi connectivity index (χ0n) is 60.0. The third-order valence-electron chi connectivity index (χ3n) is 18.5. The van der Waals surface area contributed by atoms with Crippen molar-refractivity contribution < 1.29 is 189 Å². The number of nitrogens with one attached hydrogen (secondary N) is 1. The molecule has 0 amide bonds. The molecule has 3 saturated heterocycles. The van der Waals surface area contributed by atoms with Gasteiger partial charge in [0.1, 0.15) is 46.6 Å². The van der Waals surface area contributed by atoms with Gasteiger partial charge < -0.3 is 92.3 Å². The lowest BCUT2D eigenvalue weighted by Crippen LogP contribution is -3.00. The van der Waals surface area contributed by atoms with Gasteiger partial charge in [0.25, 0.3) is 0 Å². The SMILES string of the molecule is CC[C@H]1CN(c2c(F)cc3c(=O)c(C(=O)O)cn([C@@H]4C[C@@H]4F)c3c2OC)C[C@H]1N.CC[C@H]1CN(c2c(F)cc3c(=O)c(C(=O)OB(F)F)cn([C@@H]4C[C@@H]4F)c3c2OC)C[C@H]1C.CC[C@H]1CNC[C@H]1C.CO.COc1c(F)c(F)cc2c(=O)c(C(=O)OB(F)F)cn([C@@H]3C[C@@H]3F)c12.F.FF.FF.FF.FF.FF.FF.FF.[I-]. The lowest BCUT2D eigenvalue weighted by atomic mass is 9.96. The summed E-state index contributed by atoms with van der Waals surface area (Å²) in [6.45, 7) is 15.4. The number of rotatable bonds is 16. The molecule has 3 aromatic heterocycles. The van der Waals surface area contributed by atoms with E-state index in [1.165, 1.54) is 42.9 Å². The zero-order chi connectivity index (χ0) is 84.8. The second-order valence-electron chi connectivity index (χ2n) is 24.4. The van der Waals surface area contributed by atoms with E-state index in [1.807, 2.05) is 11.8 Å². The van der Waals surface area contributed by atoms with Gasteiger partial charge in [-0.3, -0.25) is 19.1 Å². The van der Waals surface area contributed by atoms with Gasteiger partial charge in [0, 0.05) is 141 Å². The number of hydrogen-bond donors (Lipinski definition) is 4. The van der Waals surface area contributed by atoms with Crippen molar-refractivity contribution in [1.82, 2.24) is 19.0 Å². The number of fused-ring (bicyclic) bond motifs is 3. The van der Waals surface area contributed by atoms with Crippen LogP contribution in [0.25, 0.3) is 32.7 Å². The summed E-state index contributed by atoms with van der Waals surface area (Å²) in [5, 5.41) is 18.8. The molecular weight excluding hydrogens is 1710 g/mol. The van der Waals surface area contributed by atoms with Gasteiger partial charge in [0.15, 0.2) is 34.7 Å². The number of aromatic nitrogens is 3. The minimum absolute atomic E-state index is 0. The summed E-state index contributed by atoms with van der Waals surface area (Å²) in [6.07, 6.45) is 2.54. The first-order chi connectivity index (χ1) is 52.5. The Morgan fingerprint density at radius 3 is 1.09 bits per heavy atom. The van der Waals surface area contributed by atoms with Gasteiger partial charge in [-0.2, -0.15) is 4.39 Å². The first-order valence-electron chi connectivity index (χ1n) is 32.1. The van der Waals surface area contributed by atoms with Crippen molar-refractivity contribution in [2.75, 3.05) is 77.5 Å². The van der Waals surface area contributed by atoms with Crippen LogP contribution in [0.1, 0.15) is 122 Å². The van der Waals surface area contributed by atoms with Crippen molar-refractivity contribution in [2.45, 2.75) is 116 Å². The summed E-state index contributed by atoms with van der Waals surface area (Å²) in [6, 6.07) is 0.136. The van der Waals surface area contributed by atoms with Crippen LogP contribution in [-0.2, 0) is 9.31 Å².